The predicted octanol–water partition coefficient (Wildman–Crippen LogP) is 2.57. The second kappa shape index (κ2) is 5.31. The minimum absolute atomic E-state index is 0.154. The Morgan fingerprint density at radius 1 is 1.20 bits per heavy atom. The van der Waals surface area contributed by atoms with Crippen molar-refractivity contribution in [2.24, 2.45) is 17.3 Å². The first-order valence-electron chi connectivity index (χ1n) is 7.91. The van der Waals surface area contributed by atoms with E-state index in [0.29, 0.717) is 12.3 Å². The standard InChI is InChI=1S/C15H24N2O2S/c16-9-8-15(6-7-15)11-20(18,19)17-14-10-13(14)12-4-2-1-3-5-12/h12-14,17H,1-8,10-11H2/t13-,14+/m1/s1. The molecule has 0 heterocycles. The first kappa shape index (κ1) is 14.3. The molecule has 112 valence electrons. The van der Waals surface area contributed by atoms with Gasteiger partial charge in [0.15, 0.2) is 0 Å². The maximum absolute atomic E-state index is 12.2. The van der Waals surface area contributed by atoms with Crippen LogP contribution in [0.1, 0.15) is 57.8 Å². The van der Waals surface area contributed by atoms with Crippen LogP contribution in [0.3, 0.4) is 0 Å². The fourth-order valence-corrected chi connectivity index (χ4v) is 5.84. The van der Waals surface area contributed by atoms with Gasteiger partial charge in [0.2, 0.25) is 10.0 Å². The molecule has 0 aromatic carbocycles. The average molecular weight is 296 g/mol. The van der Waals surface area contributed by atoms with Crippen LogP contribution in [0.25, 0.3) is 0 Å². The Bertz CT molecular complexity index is 498. The van der Waals surface area contributed by atoms with E-state index in [0.717, 1.165) is 25.2 Å². The van der Waals surface area contributed by atoms with Crippen molar-refractivity contribution in [3.05, 3.63) is 0 Å². The van der Waals surface area contributed by atoms with Crippen LogP contribution in [0.4, 0.5) is 0 Å². The molecule has 2 atom stereocenters. The molecule has 0 unspecified atom stereocenters. The molecule has 0 amide bonds. The highest BCUT2D eigenvalue weighted by molar-refractivity contribution is 7.89. The monoisotopic (exact) mass is 296 g/mol. The van der Waals surface area contributed by atoms with Crippen molar-refractivity contribution < 1.29 is 8.42 Å². The van der Waals surface area contributed by atoms with E-state index >= 15 is 0 Å². The SMILES string of the molecule is N#CCC1(CS(=O)(=O)N[C@H]2C[C@@H]2C2CCCCC2)CC1. The zero-order valence-electron chi connectivity index (χ0n) is 12.0. The van der Waals surface area contributed by atoms with Gasteiger partial charge in [0.25, 0.3) is 0 Å². The lowest BCUT2D eigenvalue weighted by Gasteiger charge is -2.21. The molecule has 0 aliphatic heterocycles. The van der Waals surface area contributed by atoms with Crippen LogP contribution in [0, 0.1) is 28.6 Å². The molecule has 3 rings (SSSR count). The molecule has 0 aromatic heterocycles. The van der Waals surface area contributed by atoms with Gasteiger partial charge in [0, 0.05) is 12.5 Å². The van der Waals surface area contributed by atoms with Crippen molar-refractivity contribution in [2.45, 2.75) is 63.8 Å². The lowest BCUT2D eigenvalue weighted by molar-refractivity contribution is 0.316. The Hall–Kier alpha value is -0.600. The number of rotatable bonds is 6. The second-order valence-electron chi connectivity index (χ2n) is 7.12. The molecule has 3 fully saturated rings. The molecule has 0 spiro atoms. The Labute approximate surface area is 122 Å². The molecule has 3 saturated carbocycles. The minimum atomic E-state index is -3.21. The summed E-state index contributed by atoms with van der Waals surface area (Å²) in [6.07, 6.45) is 9.70. The first-order valence-corrected chi connectivity index (χ1v) is 9.56. The summed E-state index contributed by atoms with van der Waals surface area (Å²) in [5, 5.41) is 8.78. The van der Waals surface area contributed by atoms with Crippen molar-refractivity contribution in [1.82, 2.24) is 4.72 Å². The third-order valence-electron chi connectivity index (χ3n) is 5.33. The molecule has 0 bridgehead atoms. The van der Waals surface area contributed by atoms with E-state index in [1.807, 2.05) is 0 Å². The van der Waals surface area contributed by atoms with Crippen LogP contribution in [-0.2, 0) is 10.0 Å². The topological polar surface area (TPSA) is 70.0 Å². The molecular formula is C15H24N2O2S. The smallest absolute Gasteiger partial charge is 0.212 e. The van der Waals surface area contributed by atoms with Gasteiger partial charge in [-0.05, 0) is 36.5 Å². The van der Waals surface area contributed by atoms with Gasteiger partial charge in [-0.3, -0.25) is 0 Å². The molecular weight excluding hydrogens is 272 g/mol. The molecule has 0 radical (unpaired) electrons. The third kappa shape index (κ3) is 3.35. The number of sulfonamides is 1. The molecule has 4 nitrogen and oxygen atoms in total. The van der Waals surface area contributed by atoms with E-state index in [1.165, 1.54) is 32.1 Å². The molecule has 0 saturated heterocycles. The van der Waals surface area contributed by atoms with Crippen LogP contribution in [0.2, 0.25) is 0 Å². The van der Waals surface area contributed by atoms with Crippen molar-refractivity contribution in [2.75, 3.05) is 5.75 Å². The zero-order valence-corrected chi connectivity index (χ0v) is 12.8. The summed E-state index contributed by atoms with van der Waals surface area (Å²) >= 11 is 0. The van der Waals surface area contributed by atoms with Crippen molar-refractivity contribution in [1.29, 1.82) is 5.26 Å². The number of nitrogens with zero attached hydrogens (tertiary/aromatic N) is 1. The van der Waals surface area contributed by atoms with Gasteiger partial charge in [-0.2, -0.15) is 5.26 Å². The Morgan fingerprint density at radius 2 is 1.90 bits per heavy atom. The fraction of sp³-hybridized carbons (Fsp3) is 0.933. The number of hydrogen-bond acceptors (Lipinski definition) is 3. The number of hydrogen-bond donors (Lipinski definition) is 1. The highest BCUT2D eigenvalue weighted by Gasteiger charge is 2.49. The molecule has 0 aromatic rings. The van der Waals surface area contributed by atoms with E-state index < -0.39 is 10.0 Å². The number of nitrogens with one attached hydrogen (secondary N) is 1. The predicted molar refractivity (Wildman–Crippen MR) is 77.3 cm³/mol. The minimum Gasteiger partial charge on any atom is -0.212 e. The van der Waals surface area contributed by atoms with Gasteiger partial charge >= 0.3 is 0 Å². The van der Waals surface area contributed by atoms with Gasteiger partial charge in [0.1, 0.15) is 0 Å². The van der Waals surface area contributed by atoms with Crippen molar-refractivity contribution >= 4 is 10.0 Å². The highest BCUT2D eigenvalue weighted by atomic mass is 32.2. The Morgan fingerprint density at radius 3 is 2.50 bits per heavy atom. The van der Waals surface area contributed by atoms with Crippen molar-refractivity contribution in [3.8, 4) is 6.07 Å². The fourth-order valence-electron chi connectivity index (χ4n) is 3.83. The molecule has 20 heavy (non-hydrogen) atoms. The van der Waals surface area contributed by atoms with Gasteiger partial charge in [0.05, 0.1) is 11.8 Å². The number of nitriles is 1. The molecule has 5 heteroatoms. The Balaban J connectivity index is 1.50. The van der Waals surface area contributed by atoms with Crippen LogP contribution >= 0.6 is 0 Å². The van der Waals surface area contributed by atoms with Crippen LogP contribution in [0.5, 0.6) is 0 Å². The summed E-state index contributed by atoms with van der Waals surface area (Å²) in [4.78, 5) is 0. The highest BCUT2D eigenvalue weighted by Crippen LogP contribution is 2.50. The van der Waals surface area contributed by atoms with Gasteiger partial charge in [-0.1, -0.05) is 32.1 Å². The summed E-state index contributed by atoms with van der Waals surface area (Å²) in [6, 6.07) is 2.31. The van der Waals surface area contributed by atoms with E-state index in [1.54, 1.807) is 0 Å². The van der Waals surface area contributed by atoms with E-state index in [2.05, 4.69) is 10.8 Å². The summed E-state index contributed by atoms with van der Waals surface area (Å²) in [7, 11) is -3.21. The van der Waals surface area contributed by atoms with Gasteiger partial charge < -0.3 is 0 Å². The lowest BCUT2D eigenvalue weighted by Crippen LogP contribution is -2.33. The first-order chi connectivity index (χ1) is 9.54. The lowest BCUT2D eigenvalue weighted by atomic mass is 9.86. The average Bonchev–Trinajstić information content (AvgIpc) is 3.29. The van der Waals surface area contributed by atoms with Crippen LogP contribution in [-0.4, -0.2) is 20.2 Å². The quantitative estimate of drug-likeness (QED) is 0.819. The summed E-state index contributed by atoms with van der Waals surface area (Å²) in [5.41, 5.74) is -0.226. The maximum atomic E-state index is 12.2. The van der Waals surface area contributed by atoms with E-state index in [4.69, 9.17) is 5.26 Å². The van der Waals surface area contributed by atoms with Crippen LogP contribution < -0.4 is 4.72 Å². The van der Waals surface area contributed by atoms with Crippen molar-refractivity contribution in [3.63, 3.8) is 0 Å². The summed E-state index contributed by atoms with van der Waals surface area (Å²) in [5.74, 6) is 1.48. The Kier molecular flexibility index (Phi) is 3.81. The van der Waals surface area contributed by atoms with Crippen LogP contribution in [0.15, 0.2) is 0 Å². The van der Waals surface area contributed by atoms with Gasteiger partial charge in [-0.25, -0.2) is 13.1 Å². The summed E-state index contributed by atoms with van der Waals surface area (Å²) < 4.78 is 27.3. The molecule has 3 aliphatic rings. The second-order valence-corrected chi connectivity index (χ2v) is 8.87. The molecule has 3 aliphatic carbocycles. The normalized spacial score (nSPS) is 32.5. The maximum Gasteiger partial charge on any atom is 0.212 e. The largest absolute Gasteiger partial charge is 0.212 e. The molecule has 1 N–H and O–H groups in total. The van der Waals surface area contributed by atoms with E-state index in [-0.39, 0.29) is 17.2 Å². The summed E-state index contributed by atoms with van der Waals surface area (Å²) in [6.45, 7) is 0. The zero-order chi connectivity index (χ0) is 14.2. The third-order valence-corrected chi connectivity index (χ3v) is 6.99. The van der Waals surface area contributed by atoms with Gasteiger partial charge in [-0.15, -0.1) is 0 Å². The van der Waals surface area contributed by atoms with E-state index in [9.17, 15) is 8.42 Å².